The molecule has 1 N–H and O–H groups in total. The monoisotopic (exact) mass is 283 g/mol. The Kier molecular flexibility index (Phi) is 3.15. The summed E-state index contributed by atoms with van der Waals surface area (Å²) in [6, 6.07) is 10.4. The van der Waals surface area contributed by atoms with Crippen molar-refractivity contribution in [1.82, 2.24) is 19.9 Å². The molecule has 2 aliphatic rings. The topological polar surface area (TPSA) is 46.0 Å². The molecule has 3 heterocycles. The lowest BCUT2D eigenvalue weighted by Gasteiger charge is -2.37. The fourth-order valence-electron chi connectivity index (χ4n) is 3.88. The minimum atomic E-state index is 0.559. The van der Waals surface area contributed by atoms with Gasteiger partial charge in [-0.2, -0.15) is 0 Å². The van der Waals surface area contributed by atoms with Gasteiger partial charge in [-0.3, -0.25) is 0 Å². The number of para-hydroxylation sites is 2. The summed E-state index contributed by atoms with van der Waals surface area (Å²) in [5.74, 6) is 0. The maximum atomic E-state index is 4.11. The summed E-state index contributed by atoms with van der Waals surface area (Å²) in [6.45, 7) is 0. The molecule has 0 amide bonds. The van der Waals surface area contributed by atoms with Crippen molar-refractivity contribution in [1.29, 1.82) is 0 Å². The summed E-state index contributed by atoms with van der Waals surface area (Å²) >= 11 is 0. The van der Waals surface area contributed by atoms with E-state index in [0.29, 0.717) is 6.04 Å². The molecule has 2 aliphatic heterocycles. The summed E-state index contributed by atoms with van der Waals surface area (Å²) in [4.78, 5) is 2.57. The first kappa shape index (κ1) is 12.8. The van der Waals surface area contributed by atoms with Gasteiger partial charge < -0.3 is 10.2 Å². The van der Waals surface area contributed by atoms with E-state index >= 15 is 0 Å². The zero-order valence-electron chi connectivity index (χ0n) is 12.3. The van der Waals surface area contributed by atoms with Crippen LogP contribution in [0.5, 0.6) is 0 Å². The molecule has 2 fully saturated rings. The zero-order chi connectivity index (χ0) is 14.2. The predicted molar refractivity (Wildman–Crippen MR) is 82.6 cm³/mol. The molecule has 4 rings (SSSR count). The van der Waals surface area contributed by atoms with Crippen molar-refractivity contribution in [3.8, 4) is 5.69 Å². The smallest absolute Gasteiger partial charge is 0.0894 e. The average molecular weight is 283 g/mol. The van der Waals surface area contributed by atoms with Crippen molar-refractivity contribution in [2.75, 3.05) is 12.4 Å². The Hall–Kier alpha value is -1.88. The highest BCUT2D eigenvalue weighted by atomic mass is 15.4. The van der Waals surface area contributed by atoms with Crippen LogP contribution in [0.4, 0.5) is 5.69 Å². The highest BCUT2D eigenvalue weighted by Crippen LogP contribution is 2.36. The van der Waals surface area contributed by atoms with E-state index in [-0.39, 0.29) is 0 Å². The zero-order valence-corrected chi connectivity index (χ0v) is 12.3. The first-order valence-corrected chi connectivity index (χ1v) is 7.75. The normalized spacial score (nSPS) is 28.7. The summed E-state index contributed by atoms with van der Waals surface area (Å²) in [5.41, 5.74) is 2.22. The Morgan fingerprint density at radius 3 is 2.62 bits per heavy atom. The van der Waals surface area contributed by atoms with Crippen LogP contribution in [0.2, 0.25) is 0 Å². The van der Waals surface area contributed by atoms with Gasteiger partial charge in [-0.15, -0.1) is 5.10 Å². The van der Waals surface area contributed by atoms with Crippen molar-refractivity contribution in [2.24, 2.45) is 0 Å². The predicted octanol–water partition coefficient (Wildman–Crippen LogP) is 2.30. The van der Waals surface area contributed by atoms with Gasteiger partial charge in [0.25, 0.3) is 0 Å². The van der Waals surface area contributed by atoms with Gasteiger partial charge in [0.15, 0.2) is 0 Å². The highest BCUT2D eigenvalue weighted by molar-refractivity contribution is 5.61. The molecule has 0 spiro atoms. The molecule has 0 aliphatic carbocycles. The van der Waals surface area contributed by atoms with Gasteiger partial charge in [0.1, 0.15) is 0 Å². The molecule has 5 heteroatoms. The molecule has 2 atom stereocenters. The third kappa shape index (κ3) is 2.31. The third-order valence-corrected chi connectivity index (χ3v) is 5.03. The Morgan fingerprint density at radius 1 is 1.14 bits per heavy atom. The molecule has 0 radical (unpaired) electrons. The Morgan fingerprint density at radius 2 is 1.90 bits per heavy atom. The van der Waals surface area contributed by atoms with E-state index in [2.05, 4.69) is 45.8 Å². The average Bonchev–Trinajstić information content (AvgIpc) is 3.08. The number of nitrogens with zero attached hydrogens (tertiary/aromatic N) is 4. The van der Waals surface area contributed by atoms with Gasteiger partial charge in [0.05, 0.1) is 23.8 Å². The molecule has 0 saturated carbocycles. The number of anilines is 1. The van der Waals surface area contributed by atoms with Crippen LogP contribution in [0.25, 0.3) is 5.69 Å². The Balaban J connectivity index is 1.56. The van der Waals surface area contributed by atoms with Crippen LogP contribution in [0.1, 0.15) is 25.7 Å². The fraction of sp³-hybridized carbons (Fsp3) is 0.500. The van der Waals surface area contributed by atoms with E-state index in [1.807, 2.05) is 16.9 Å². The van der Waals surface area contributed by atoms with E-state index in [4.69, 9.17) is 0 Å². The lowest BCUT2D eigenvalue weighted by molar-refractivity contribution is 0.169. The lowest BCUT2D eigenvalue weighted by Crippen LogP contribution is -2.44. The number of piperidine rings is 1. The van der Waals surface area contributed by atoms with Gasteiger partial charge in [0.2, 0.25) is 0 Å². The number of rotatable bonds is 3. The van der Waals surface area contributed by atoms with Crippen molar-refractivity contribution < 1.29 is 0 Å². The summed E-state index contributed by atoms with van der Waals surface area (Å²) in [7, 11) is 2.28. The molecule has 2 unspecified atom stereocenters. The van der Waals surface area contributed by atoms with Crippen LogP contribution in [0.15, 0.2) is 36.7 Å². The van der Waals surface area contributed by atoms with E-state index in [1.165, 1.54) is 25.7 Å². The Labute approximate surface area is 125 Å². The molecule has 2 bridgehead atoms. The molecular formula is C16H21N5. The van der Waals surface area contributed by atoms with Crippen LogP contribution >= 0.6 is 0 Å². The maximum absolute atomic E-state index is 4.11. The molecular weight excluding hydrogens is 262 g/mol. The van der Waals surface area contributed by atoms with E-state index in [1.54, 1.807) is 6.20 Å². The van der Waals surface area contributed by atoms with E-state index < -0.39 is 0 Å². The second-order valence-electron chi connectivity index (χ2n) is 6.23. The van der Waals surface area contributed by atoms with Crippen LogP contribution in [-0.2, 0) is 0 Å². The van der Waals surface area contributed by atoms with Crippen LogP contribution in [0.3, 0.4) is 0 Å². The third-order valence-electron chi connectivity index (χ3n) is 5.03. The molecule has 110 valence electrons. The Bertz CT molecular complexity index is 595. The first-order valence-electron chi connectivity index (χ1n) is 7.75. The number of aromatic nitrogens is 3. The number of fused-ring (bicyclic) bond motifs is 2. The lowest BCUT2D eigenvalue weighted by atomic mass is 9.97. The highest BCUT2D eigenvalue weighted by Gasteiger charge is 2.38. The molecule has 21 heavy (non-hydrogen) atoms. The molecule has 1 aromatic heterocycles. The minimum Gasteiger partial charge on any atom is -0.380 e. The van der Waals surface area contributed by atoms with Gasteiger partial charge in [-0.25, -0.2) is 4.68 Å². The number of nitrogens with one attached hydrogen (secondary N) is 1. The van der Waals surface area contributed by atoms with E-state index in [9.17, 15) is 0 Å². The number of hydrogen-bond donors (Lipinski definition) is 1. The fourth-order valence-corrected chi connectivity index (χ4v) is 3.88. The molecule has 5 nitrogen and oxygen atoms in total. The van der Waals surface area contributed by atoms with Crippen LogP contribution in [0, 0.1) is 0 Å². The second-order valence-corrected chi connectivity index (χ2v) is 6.23. The molecule has 1 aromatic carbocycles. The largest absolute Gasteiger partial charge is 0.380 e. The van der Waals surface area contributed by atoms with Crippen LogP contribution in [-0.4, -0.2) is 45.1 Å². The second kappa shape index (κ2) is 5.15. The van der Waals surface area contributed by atoms with Crippen LogP contribution < -0.4 is 5.32 Å². The van der Waals surface area contributed by atoms with Crippen molar-refractivity contribution in [3.63, 3.8) is 0 Å². The summed E-state index contributed by atoms with van der Waals surface area (Å²) in [5, 5.41) is 11.8. The molecule has 2 aromatic rings. The quantitative estimate of drug-likeness (QED) is 0.939. The first-order chi connectivity index (χ1) is 10.3. The van der Waals surface area contributed by atoms with Gasteiger partial charge in [-0.1, -0.05) is 17.3 Å². The van der Waals surface area contributed by atoms with Crippen molar-refractivity contribution in [3.05, 3.63) is 36.7 Å². The summed E-state index contributed by atoms with van der Waals surface area (Å²) in [6.07, 6.45) is 8.77. The van der Waals surface area contributed by atoms with Gasteiger partial charge in [0, 0.05) is 18.1 Å². The van der Waals surface area contributed by atoms with E-state index in [0.717, 1.165) is 23.5 Å². The maximum Gasteiger partial charge on any atom is 0.0894 e. The number of hydrogen-bond acceptors (Lipinski definition) is 4. The standard InChI is InChI=1S/C16H21N5/c1-20-13-6-7-14(20)11-12(10-13)18-15-4-2-3-5-16(15)21-9-8-17-19-21/h2-5,8-9,12-14,18H,6-7,10-11H2,1H3. The van der Waals surface area contributed by atoms with Gasteiger partial charge in [-0.05, 0) is 44.9 Å². The van der Waals surface area contributed by atoms with Gasteiger partial charge >= 0.3 is 0 Å². The minimum absolute atomic E-state index is 0.559. The molecule has 2 saturated heterocycles. The SMILES string of the molecule is CN1C2CCC1CC(Nc1ccccc1-n1ccnn1)C2. The number of benzene rings is 1. The van der Waals surface area contributed by atoms with Crippen molar-refractivity contribution >= 4 is 5.69 Å². The summed E-state index contributed by atoms with van der Waals surface area (Å²) < 4.78 is 1.83. The van der Waals surface area contributed by atoms with Crippen molar-refractivity contribution in [2.45, 2.75) is 43.8 Å².